The van der Waals surface area contributed by atoms with Crippen molar-refractivity contribution in [1.29, 1.82) is 0 Å². The van der Waals surface area contributed by atoms with Gasteiger partial charge in [0.1, 0.15) is 0 Å². The number of benzene rings is 1. The highest BCUT2D eigenvalue weighted by atomic mass is 16.6. The van der Waals surface area contributed by atoms with E-state index in [9.17, 15) is 10.1 Å². The van der Waals surface area contributed by atoms with Crippen molar-refractivity contribution < 1.29 is 4.92 Å². The van der Waals surface area contributed by atoms with Crippen LogP contribution < -0.4 is 5.73 Å². The molecule has 5 nitrogen and oxygen atoms in total. The summed E-state index contributed by atoms with van der Waals surface area (Å²) in [6, 6.07) is 11.3. The third kappa shape index (κ3) is 2.75. The van der Waals surface area contributed by atoms with E-state index in [-0.39, 0.29) is 17.4 Å². The van der Waals surface area contributed by atoms with Crippen LogP contribution in [0.3, 0.4) is 0 Å². The number of nitrogens with two attached hydrogens (primary N) is 1. The van der Waals surface area contributed by atoms with Crippen LogP contribution in [0.1, 0.15) is 22.7 Å². The van der Waals surface area contributed by atoms with Gasteiger partial charge in [0.05, 0.1) is 5.92 Å². The van der Waals surface area contributed by atoms with Gasteiger partial charge >= 0.3 is 0 Å². The maximum Gasteiger partial charge on any atom is 0.216 e. The van der Waals surface area contributed by atoms with Gasteiger partial charge in [0.2, 0.25) is 6.54 Å². The molecule has 1 atom stereocenters. The molecule has 94 valence electrons. The number of nitro groups is 1. The second-order valence-electron chi connectivity index (χ2n) is 4.14. The van der Waals surface area contributed by atoms with Gasteiger partial charge in [-0.1, -0.05) is 24.3 Å². The normalized spacial score (nSPS) is 12.3. The lowest BCUT2D eigenvalue weighted by atomic mass is 9.95. The van der Waals surface area contributed by atoms with Gasteiger partial charge in [-0.05, 0) is 23.3 Å². The van der Waals surface area contributed by atoms with Crippen LogP contribution in [0, 0.1) is 10.1 Å². The van der Waals surface area contributed by atoms with E-state index < -0.39 is 0 Å². The summed E-state index contributed by atoms with van der Waals surface area (Å²) in [4.78, 5) is 13.5. The van der Waals surface area contributed by atoms with Crippen molar-refractivity contribution in [1.82, 2.24) is 4.98 Å². The fourth-order valence-corrected chi connectivity index (χ4v) is 1.98. The van der Waals surface area contributed by atoms with E-state index in [1.54, 1.807) is 6.20 Å². The monoisotopic (exact) mass is 245 g/mol. The highest BCUT2D eigenvalue weighted by Crippen LogP contribution is 2.23. The molecule has 0 bridgehead atoms. The lowest BCUT2D eigenvalue weighted by Gasteiger charge is -2.12. The van der Waals surface area contributed by atoms with E-state index in [0.717, 1.165) is 16.8 Å². The number of nitrogens with one attached hydrogen (secondary N) is 1. The minimum Gasteiger partial charge on any atom is -0.364 e. The molecule has 0 aliphatic rings. The first-order valence-corrected chi connectivity index (χ1v) is 5.74. The molecule has 2 rings (SSSR count). The van der Waals surface area contributed by atoms with Gasteiger partial charge < -0.3 is 10.7 Å². The number of hydrogen-bond acceptors (Lipinski definition) is 3. The third-order valence-corrected chi connectivity index (χ3v) is 2.95. The predicted octanol–water partition coefficient (Wildman–Crippen LogP) is 1.88. The first-order chi connectivity index (χ1) is 8.70. The van der Waals surface area contributed by atoms with Crippen molar-refractivity contribution in [3.63, 3.8) is 0 Å². The molecule has 5 heteroatoms. The van der Waals surface area contributed by atoms with Gasteiger partial charge in [-0.3, -0.25) is 10.1 Å². The summed E-state index contributed by atoms with van der Waals surface area (Å²) >= 11 is 0. The van der Waals surface area contributed by atoms with Crippen LogP contribution in [0.5, 0.6) is 0 Å². The van der Waals surface area contributed by atoms with Gasteiger partial charge in [-0.25, -0.2) is 0 Å². The molecule has 18 heavy (non-hydrogen) atoms. The zero-order chi connectivity index (χ0) is 13.0. The SMILES string of the molecule is NCc1ccc([C@@H](C[N+](=O)[O-])c2ccc[nH]2)cc1. The van der Waals surface area contributed by atoms with Gasteiger partial charge in [0, 0.05) is 23.4 Å². The van der Waals surface area contributed by atoms with Crippen molar-refractivity contribution in [2.24, 2.45) is 5.73 Å². The molecule has 0 radical (unpaired) electrons. The van der Waals surface area contributed by atoms with Crippen molar-refractivity contribution >= 4 is 0 Å². The largest absolute Gasteiger partial charge is 0.364 e. The summed E-state index contributed by atoms with van der Waals surface area (Å²) in [7, 11) is 0. The Morgan fingerprint density at radius 1 is 1.28 bits per heavy atom. The van der Waals surface area contributed by atoms with Crippen LogP contribution in [0.2, 0.25) is 0 Å². The first-order valence-electron chi connectivity index (χ1n) is 5.74. The molecular formula is C13H15N3O2. The second-order valence-corrected chi connectivity index (χ2v) is 4.14. The Morgan fingerprint density at radius 2 is 2.00 bits per heavy atom. The van der Waals surface area contributed by atoms with E-state index in [1.165, 1.54) is 0 Å². The number of aromatic nitrogens is 1. The van der Waals surface area contributed by atoms with Crippen molar-refractivity contribution in [3.05, 3.63) is 69.5 Å². The highest BCUT2D eigenvalue weighted by molar-refractivity contribution is 5.31. The number of hydrogen-bond donors (Lipinski definition) is 2. The molecule has 0 saturated heterocycles. The quantitative estimate of drug-likeness (QED) is 0.623. The summed E-state index contributed by atoms with van der Waals surface area (Å²) in [6.45, 7) is 0.352. The van der Waals surface area contributed by atoms with Crippen LogP contribution in [0.4, 0.5) is 0 Å². The second kappa shape index (κ2) is 5.46. The molecule has 3 N–H and O–H groups in total. The Bertz CT molecular complexity index is 506. The minimum absolute atomic E-state index is 0.123. The fraction of sp³-hybridized carbons (Fsp3) is 0.231. The maximum absolute atomic E-state index is 10.8. The fourth-order valence-electron chi connectivity index (χ4n) is 1.98. The Kier molecular flexibility index (Phi) is 3.74. The van der Waals surface area contributed by atoms with E-state index in [2.05, 4.69) is 4.98 Å². The highest BCUT2D eigenvalue weighted by Gasteiger charge is 2.20. The van der Waals surface area contributed by atoms with E-state index in [1.807, 2.05) is 36.4 Å². The summed E-state index contributed by atoms with van der Waals surface area (Å²) in [5.41, 5.74) is 8.33. The van der Waals surface area contributed by atoms with Crippen LogP contribution in [0.25, 0.3) is 0 Å². The third-order valence-electron chi connectivity index (χ3n) is 2.95. The van der Waals surface area contributed by atoms with Crippen LogP contribution in [-0.2, 0) is 6.54 Å². The van der Waals surface area contributed by atoms with Crippen molar-refractivity contribution in [2.75, 3.05) is 6.54 Å². The molecule has 0 unspecified atom stereocenters. The van der Waals surface area contributed by atoms with E-state index in [4.69, 9.17) is 5.73 Å². The lowest BCUT2D eigenvalue weighted by molar-refractivity contribution is -0.481. The number of H-pyrrole nitrogens is 1. The average molecular weight is 245 g/mol. The molecule has 0 fully saturated rings. The lowest BCUT2D eigenvalue weighted by Crippen LogP contribution is -2.14. The van der Waals surface area contributed by atoms with Gasteiger partial charge in [0.25, 0.3) is 0 Å². The Morgan fingerprint density at radius 3 is 2.50 bits per heavy atom. The molecule has 0 aliphatic carbocycles. The maximum atomic E-state index is 10.8. The molecule has 0 saturated carbocycles. The Labute approximate surface area is 105 Å². The number of rotatable bonds is 5. The smallest absolute Gasteiger partial charge is 0.216 e. The number of aromatic amines is 1. The van der Waals surface area contributed by atoms with E-state index in [0.29, 0.717) is 6.54 Å². The Balaban J connectivity index is 2.30. The molecule has 2 aromatic rings. The standard InChI is InChI=1S/C13H15N3O2/c14-8-10-3-5-11(6-4-10)12(9-16(17)18)13-2-1-7-15-13/h1-7,12,15H,8-9,14H2/t12-/m1/s1. The average Bonchev–Trinajstić information content (AvgIpc) is 2.89. The summed E-state index contributed by atoms with van der Waals surface area (Å²) in [5, 5.41) is 10.8. The summed E-state index contributed by atoms with van der Waals surface area (Å²) in [6.07, 6.45) is 1.77. The number of nitrogens with zero attached hydrogens (tertiary/aromatic N) is 1. The summed E-state index contributed by atoms with van der Waals surface area (Å²) < 4.78 is 0. The Hall–Kier alpha value is -2.14. The van der Waals surface area contributed by atoms with Crippen molar-refractivity contribution in [2.45, 2.75) is 12.5 Å². The van der Waals surface area contributed by atoms with Crippen molar-refractivity contribution in [3.8, 4) is 0 Å². The molecule has 0 spiro atoms. The topological polar surface area (TPSA) is 84.9 Å². The zero-order valence-electron chi connectivity index (χ0n) is 9.87. The molecule has 0 aliphatic heterocycles. The molecule has 1 aromatic carbocycles. The molecule has 1 aromatic heterocycles. The zero-order valence-corrected chi connectivity index (χ0v) is 9.87. The van der Waals surface area contributed by atoms with Gasteiger partial charge in [-0.2, -0.15) is 0 Å². The molecular weight excluding hydrogens is 230 g/mol. The van der Waals surface area contributed by atoms with Gasteiger partial charge in [-0.15, -0.1) is 0 Å². The minimum atomic E-state index is -0.289. The first kappa shape index (κ1) is 12.3. The summed E-state index contributed by atoms with van der Waals surface area (Å²) in [5.74, 6) is -0.248. The van der Waals surface area contributed by atoms with Gasteiger partial charge in [0.15, 0.2) is 0 Å². The van der Waals surface area contributed by atoms with Crippen LogP contribution in [0.15, 0.2) is 42.6 Å². The molecule has 0 amide bonds. The van der Waals surface area contributed by atoms with Crippen LogP contribution >= 0.6 is 0 Å². The predicted molar refractivity (Wildman–Crippen MR) is 68.8 cm³/mol. The van der Waals surface area contributed by atoms with Crippen LogP contribution in [-0.4, -0.2) is 16.5 Å². The molecule has 1 heterocycles. The van der Waals surface area contributed by atoms with E-state index >= 15 is 0 Å².